The smallest absolute Gasteiger partial charge is 0.162 e. The number of fused-ring (bicyclic) bond motifs is 3. The second kappa shape index (κ2) is 4.56. The van der Waals surface area contributed by atoms with Gasteiger partial charge in [-0.25, -0.2) is 5.84 Å². The summed E-state index contributed by atoms with van der Waals surface area (Å²) in [6.45, 7) is 0. The molecular weight excluding hydrogens is 320 g/mol. The van der Waals surface area contributed by atoms with E-state index in [9.17, 15) is 0 Å². The summed E-state index contributed by atoms with van der Waals surface area (Å²) >= 11 is 7.14. The average Bonchev–Trinajstić information content (AvgIpc) is 2.62. The van der Waals surface area contributed by atoms with E-state index in [1.54, 1.807) is 11.3 Å². The molecule has 4 nitrogen and oxygen atoms in total. The lowest BCUT2D eigenvalue weighted by Gasteiger charge is -2.05. The van der Waals surface area contributed by atoms with Gasteiger partial charge in [0.1, 0.15) is 0 Å². The van der Waals surface area contributed by atoms with Crippen LogP contribution in [0.4, 0.5) is 5.82 Å². The summed E-state index contributed by atoms with van der Waals surface area (Å²) in [6.07, 6.45) is 0.989. The first kappa shape index (κ1) is 11.5. The summed E-state index contributed by atoms with van der Waals surface area (Å²) in [5.74, 6) is 7.03. The molecule has 3 rings (SSSR count). The Morgan fingerprint density at radius 3 is 3.06 bits per heavy atom. The molecule has 0 aliphatic carbocycles. The lowest BCUT2D eigenvalue weighted by atomic mass is 10.1. The minimum absolute atomic E-state index is 0.617. The van der Waals surface area contributed by atoms with Gasteiger partial charge in [-0.2, -0.15) is 0 Å². The summed E-state index contributed by atoms with van der Waals surface area (Å²) in [6, 6.07) is 4.09. The molecule has 0 spiro atoms. The molecule has 7 heteroatoms. The van der Waals surface area contributed by atoms with Gasteiger partial charge in [0.15, 0.2) is 5.82 Å². The first-order valence-corrected chi connectivity index (χ1v) is 7.63. The first-order chi connectivity index (χ1) is 8.28. The average molecular weight is 329 g/mol. The van der Waals surface area contributed by atoms with E-state index >= 15 is 0 Å². The van der Waals surface area contributed by atoms with Crippen LogP contribution in [-0.4, -0.2) is 16.0 Å². The molecule has 17 heavy (non-hydrogen) atoms. The molecule has 1 aliphatic heterocycles. The zero-order chi connectivity index (χ0) is 11.8. The Labute approximate surface area is 115 Å². The Morgan fingerprint density at radius 2 is 2.24 bits per heavy atom. The highest BCUT2D eigenvalue weighted by Crippen LogP contribution is 2.43. The molecule has 0 saturated heterocycles. The number of halogens is 1. The number of aromatic nitrogens is 2. The summed E-state index contributed by atoms with van der Waals surface area (Å²) in [5, 5.41) is 8.34. The van der Waals surface area contributed by atoms with Crippen LogP contribution in [0.1, 0.15) is 5.56 Å². The van der Waals surface area contributed by atoms with Gasteiger partial charge in [-0.05, 0) is 40.0 Å². The van der Waals surface area contributed by atoms with Gasteiger partial charge in [0, 0.05) is 11.3 Å². The van der Waals surface area contributed by atoms with Crippen molar-refractivity contribution in [3.05, 3.63) is 21.5 Å². The zero-order valence-electron chi connectivity index (χ0n) is 8.74. The molecule has 0 aromatic carbocycles. The number of aryl methyl sites for hydroxylation is 1. The van der Waals surface area contributed by atoms with Crippen LogP contribution >= 0.6 is 39.0 Å². The highest BCUT2D eigenvalue weighted by molar-refractivity contribution is 9.11. The molecule has 0 amide bonds. The number of nitrogen functional groups attached to an aromatic ring is 1. The summed E-state index contributed by atoms with van der Waals surface area (Å²) in [5.41, 5.74) is 5.89. The van der Waals surface area contributed by atoms with Crippen LogP contribution in [0.2, 0.25) is 0 Å². The van der Waals surface area contributed by atoms with E-state index in [-0.39, 0.29) is 0 Å². The molecule has 2 aromatic heterocycles. The van der Waals surface area contributed by atoms with Crippen LogP contribution in [0.5, 0.6) is 0 Å². The van der Waals surface area contributed by atoms with Gasteiger partial charge >= 0.3 is 0 Å². The van der Waals surface area contributed by atoms with Crippen LogP contribution in [0.25, 0.3) is 11.3 Å². The molecule has 0 saturated carbocycles. The van der Waals surface area contributed by atoms with Gasteiger partial charge in [0.05, 0.1) is 13.7 Å². The standard InChI is InChI=1S/C10H9BrN4S2/c11-7-4-6-9-5(1-2-16-10(6)17-7)3-8(13-12)14-15-9/h3-4H,1-2,12H2,(H,13,14). The highest BCUT2D eigenvalue weighted by Gasteiger charge is 2.19. The van der Waals surface area contributed by atoms with Crippen LogP contribution in [0.15, 0.2) is 20.1 Å². The van der Waals surface area contributed by atoms with E-state index < -0.39 is 0 Å². The van der Waals surface area contributed by atoms with Crippen LogP contribution in [0, 0.1) is 0 Å². The van der Waals surface area contributed by atoms with Crippen molar-refractivity contribution in [1.82, 2.24) is 10.2 Å². The molecule has 0 unspecified atom stereocenters. The van der Waals surface area contributed by atoms with E-state index in [1.807, 2.05) is 17.8 Å². The van der Waals surface area contributed by atoms with Gasteiger partial charge in [0.25, 0.3) is 0 Å². The highest BCUT2D eigenvalue weighted by atomic mass is 79.9. The fourth-order valence-corrected chi connectivity index (χ4v) is 5.02. The number of nitrogens with zero attached hydrogens (tertiary/aromatic N) is 2. The monoisotopic (exact) mass is 328 g/mol. The largest absolute Gasteiger partial charge is 0.307 e. The van der Waals surface area contributed by atoms with E-state index in [2.05, 4.69) is 37.6 Å². The van der Waals surface area contributed by atoms with Gasteiger partial charge in [0.2, 0.25) is 0 Å². The Balaban J connectivity index is 2.18. The van der Waals surface area contributed by atoms with Crippen molar-refractivity contribution in [2.75, 3.05) is 11.2 Å². The van der Waals surface area contributed by atoms with Crippen LogP contribution in [-0.2, 0) is 6.42 Å². The Kier molecular flexibility index (Phi) is 3.08. The van der Waals surface area contributed by atoms with Crippen molar-refractivity contribution in [3.8, 4) is 11.3 Å². The lowest BCUT2D eigenvalue weighted by molar-refractivity contribution is 0.991. The van der Waals surface area contributed by atoms with Gasteiger partial charge in [-0.3, -0.25) is 0 Å². The quantitative estimate of drug-likeness (QED) is 0.622. The van der Waals surface area contributed by atoms with Crippen LogP contribution in [0.3, 0.4) is 0 Å². The van der Waals surface area contributed by atoms with E-state index in [0.717, 1.165) is 21.7 Å². The van der Waals surface area contributed by atoms with E-state index in [0.29, 0.717) is 5.82 Å². The number of hydrogen-bond acceptors (Lipinski definition) is 6. The molecule has 2 aromatic rings. The predicted molar refractivity (Wildman–Crippen MR) is 75.3 cm³/mol. The number of anilines is 1. The lowest BCUT2D eigenvalue weighted by Crippen LogP contribution is -2.10. The van der Waals surface area contributed by atoms with Crippen molar-refractivity contribution < 1.29 is 0 Å². The molecule has 88 valence electrons. The van der Waals surface area contributed by atoms with Crippen molar-refractivity contribution in [2.24, 2.45) is 5.84 Å². The fourth-order valence-electron chi connectivity index (χ4n) is 1.79. The molecule has 0 atom stereocenters. The third kappa shape index (κ3) is 2.08. The summed E-state index contributed by atoms with van der Waals surface area (Å²) in [7, 11) is 0. The zero-order valence-corrected chi connectivity index (χ0v) is 12.0. The van der Waals surface area contributed by atoms with Crippen molar-refractivity contribution in [1.29, 1.82) is 0 Å². The second-order valence-electron chi connectivity index (χ2n) is 3.60. The van der Waals surface area contributed by atoms with E-state index in [1.165, 1.54) is 15.3 Å². The molecule has 0 bridgehead atoms. The van der Waals surface area contributed by atoms with Crippen molar-refractivity contribution in [3.63, 3.8) is 0 Å². The Bertz CT molecular complexity index is 569. The van der Waals surface area contributed by atoms with Crippen LogP contribution < -0.4 is 11.3 Å². The Morgan fingerprint density at radius 1 is 1.35 bits per heavy atom. The second-order valence-corrected chi connectivity index (χ2v) is 7.39. The molecule has 0 fully saturated rings. The molecule has 0 radical (unpaired) electrons. The fraction of sp³-hybridized carbons (Fsp3) is 0.200. The number of thioether (sulfide) groups is 1. The maximum atomic E-state index is 5.36. The minimum atomic E-state index is 0.617. The maximum Gasteiger partial charge on any atom is 0.162 e. The van der Waals surface area contributed by atoms with E-state index in [4.69, 9.17) is 5.84 Å². The third-order valence-electron chi connectivity index (χ3n) is 2.55. The van der Waals surface area contributed by atoms with Gasteiger partial charge < -0.3 is 5.43 Å². The predicted octanol–water partition coefficient (Wildman–Crippen LogP) is 2.90. The number of hydrogen-bond donors (Lipinski definition) is 2. The SMILES string of the molecule is NNc1cc2c(nn1)-c1cc(Br)sc1SCC2. The number of nitrogens with one attached hydrogen (secondary N) is 1. The Hall–Kier alpha value is -0.630. The minimum Gasteiger partial charge on any atom is -0.307 e. The number of hydrazine groups is 1. The number of thiophene rings is 1. The normalized spacial score (nSPS) is 13.8. The summed E-state index contributed by atoms with van der Waals surface area (Å²) < 4.78 is 2.43. The van der Waals surface area contributed by atoms with Crippen molar-refractivity contribution in [2.45, 2.75) is 10.6 Å². The van der Waals surface area contributed by atoms with Gasteiger partial charge in [-0.1, -0.05) is 0 Å². The van der Waals surface area contributed by atoms with Crippen molar-refractivity contribution >= 4 is 44.8 Å². The maximum absolute atomic E-state index is 5.36. The molecular formula is C10H9BrN4S2. The molecule has 3 N–H and O–H groups in total. The molecule has 1 aliphatic rings. The summed E-state index contributed by atoms with van der Waals surface area (Å²) in [4.78, 5) is 0. The van der Waals surface area contributed by atoms with Gasteiger partial charge in [-0.15, -0.1) is 33.3 Å². The number of nitrogens with two attached hydrogens (primary N) is 1. The first-order valence-electron chi connectivity index (χ1n) is 5.03. The molecule has 3 heterocycles. The topological polar surface area (TPSA) is 63.8 Å². The third-order valence-corrected chi connectivity index (χ3v) is 5.47. The number of rotatable bonds is 1.